The van der Waals surface area contributed by atoms with Gasteiger partial charge in [0.1, 0.15) is 0 Å². The molecule has 2 rings (SSSR count). The molecule has 1 aromatic carbocycles. The summed E-state index contributed by atoms with van der Waals surface area (Å²) < 4.78 is 5.00. The number of methoxy groups -OCH3 is 1. The maximum Gasteiger partial charge on any atom is 0.322 e. The molecule has 0 fully saturated rings. The quantitative estimate of drug-likeness (QED) is 0.866. The fourth-order valence-corrected chi connectivity index (χ4v) is 2.08. The Morgan fingerprint density at radius 3 is 2.60 bits per heavy atom. The Kier molecular flexibility index (Phi) is 4.62. The van der Waals surface area contributed by atoms with Crippen LogP contribution in [-0.2, 0) is 0 Å². The van der Waals surface area contributed by atoms with E-state index in [0.29, 0.717) is 11.0 Å². The fourth-order valence-electron chi connectivity index (χ4n) is 1.73. The van der Waals surface area contributed by atoms with Gasteiger partial charge >= 0.3 is 6.01 Å². The molecule has 1 unspecified atom stereocenters. The summed E-state index contributed by atoms with van der Waals surface area (Å²) in [5, 5.41) is 0.783. The van der Waals surface area contributed by atoms with Gasteiger partial charge < -0.3 is 9.64 Å². The van der Waals surface area contributed by atoms with Gasteiger partial charge in [-0.2, -0.15) is 15.0 Å². The number of ether oxygens (including phenoxy) is 1. The summed E-state index contributed by atoms with van der Waals surface area (Å²) in [5.41, 5.74) is 1.05. The molecule has 0 bridgehead atoms. The molecule has 106 valence electrons. The van der Waals surface area contributed by atoms with E-state index in [1.54, 1.807) is 0 Å². The molecule has 0 aliphatic carbocycles. The van der Waals surface area contributed by atoms with Crippen LogP contribution < -0.4 is 9.64 Å². The molecule has 0 spiro atoms. The van der Waals surface area contributed by atoms with Gasteiger partial charge in [0, 0.05) is 12.1 Å². The molecule has 1 aromatic heterocycles. The van der Waals surface area contributed by atoms with Crippen molar-refractivity contribution in [3.63, 3.8) is 0 Å². The van der Waals surface area contributed by atoms with E-state index in [-0.39, 0.29) is 17.3 Å². The van der Waals surface area contributed by atoms with Gasteiger partial charge in [0.25, 0.3) is 0 Å². The predicted molar refractivity (Wildman–Crippen MR) is 79.7 cm³/mol. The van der Waals surface area contributed by atoms with Crippen LogP contribution in [0, 0.1) is 0 Å². The van der Waals surface area contributed by atoms with Crippen molar-refractivity contribution in [2.24, 2.45) is 0 Å². The molecule has 0 radical (unpaired) electrons. The summed E-state index contributed by atoms with van der Waals surface area (Å²) in [5.74, 6) is 0.439. The first kappa shape index (κ1) is 14.8. The van der Waals surface area contributed by atoms with Crippen LogP contribution >= 0.6 is 23.2 Å². The lowest BCUT2D eigenvalue weighted by Gasteiger charge is -2.25. The summed E-state index contributed by atoms with van der Waals surface area (Å²) in [7, 11) is 3.35. The van der Waals surface area contributed by atoms with Gasteiger partial charge in [0.2, 0.25) is 11.2 Å². The van der Waals surface area contributed by atoms with E-state index in [2.05, 4.69) is 15.0 Å². The second kappa shape index (κ2) is 6.24. The molecule has 0 amide bonds. The number of halogens is 2. The van der Waals surface area contributed by atoms with Gasteiger partial charge in [0.05, 0.1) is 13.2 Å². The van der Waals surface area contributed by atoms with Crippen molar-refractivity contribution in [3.05, 3.63) is 40.1 Å². The minimum absolute atomic E-state index is 0.0249. The zero-order valence-corrected chi connectivity index (χ0v) is 12.9. The van der Waals surface area contributed by atoms with E-state index in [0.717, 1.165) is 5.56 Å². The molecule has 2 aromatic rings. The standard InChI is InChI=1S/C13H14Cl2N4O/c1-8(9-5-4-6-10(14)7-9)19(2)12-16-11(15)17-13(18-12)20-3/h4-8H,1-3H3. The number of rotatable bonds is 4. The maximum atomic E-state index is 6.01. The molecule has 0 aliphatic heterocycles. The summed E-state index contributed by atoms with van der Waals surface area (Å²) in [6, 6.07) is 7.85. The Bertz CT molecular complexity index is 609. The molecular weight excluding hydrogens is 299 g/mol. The first-order valence-corrected chi connectivity index (χ1v) is 6.70. The highest BCUT2D eigenvalue weighted by atomic mass is 35.5. The fraction of sp³-hybridized carbons (Fsp3) is 0.308. The van der Waals surface area contributed by atoms with Crippen molar-refractivity contribution in [1.82, 2.24) is 15.0 Å². The van der Waals surface area contributed by atoms with Crippen LogP contribution in [0.1, 0.15) is 18.5 Å². The molecule has 0 saturated heterocycles. The Balaban J connectivity index is 2.30. The number of benzene rings is 1. The number of hydrogen-bond acceptors (Lipinski definition) is 5. The van der Waals surface area contributed by atoms with Gasteiger partial charge in [-0.3, -0.25) is 0 Å². The number of aromatic nitrogens is 3. The van der Waals surface area contributed by atoms with E-state index in [1.807, 2.05) is 43.1 Å². The predicted octanol–water partition coefficient (Wildman–Crippen LogP) is 3.38. The minimum Gasteiger partial charge on any atom is -0.467 e. The number of anilines is 1. The molecule has 1 heterocycles. The summed E-state index contributed by atoms with van der Waals surface area (Å²) in [6.07, 6.45) is 0. The highest BCUT2D eigenvalue weighted by Crippen LogP contribution is 2.25. The van der Waals surface area contributed by atoms with Gasteiger partial charge in [-0.25, -0.2) is 0 Å². The molecule has 1 atom stereocenters. The highest BCUT2D eigenvalue weighted by Gasteiger charge is 2.17. The average Bonchev–Trinajstić information content (AvgIpc) is 2.45. The van der Waals surface area contributed by atoms with Crippen LogP contribution in [0.25, 0.3) is 0 Å². The van der Waals surface area contributed by atoms with Crippen LogP contribution in [0.15, 0.2) is 24.3 Å². The van der Waals surface area contributed by atoms with Gasteiger partial charge in [-0.05, 0) is 36.2 Å². The number of hydrogen-bond donors (Lipinski definition) is 0. The second-order valence-corrected chi connectivity index (χ2v) is 5.01. The van der Waals surface area contributed by atoms with Crippen molar-refractivity contribution in [2.75, 3.05) is 19.1 Å². The third-order valence-electron chi connectivity index (χ3n) is 2.99. The van der Waals surface area contributed by atoms with E-state index >= 15 is 0 Å². The van der Waals surface area contributed by atoms with Crippen LogP contribution in [0.4, 0.5) is 5.95 Å². The van der Waals surface area contributed by atoms with E-state index in [4.69, 9.17) is 27.9 Å². The summed E-state index contributed by atoms with van der Waals surface area (Å²) in [6.45, 7) is 2.02. The van der Waals surface area contributed by atoms with E-state index in [9.17, 15) is 0 Å². The van der Waals surface area contributed by atoms with Crippen LogP contribution in [0.2, 0.25) is 10.3 Å². The van der Waals surface area contributed by atoms with Gasteiger partial charge in [-0.1, -0.05) is 23.7 Å². The Hall–Kier alpha value is -1.59. The van der Waals surface area contributed by atoms with Crippen LogP contribution in [0.3, 0.4) is 0 Å². The smallest absolute Gasteiger partial charge is 0.322 e. The molecular formula is C13H14Cl2N4O. The molecule has 0 N–H and O–H groups in total. The molecule has 7 heteroatoms. The average molecular weight is 313 g/mol. The molecule has 5 nitrogen and oxygen atoms in total. The SMILES string of the molecule is COc1nc(Cl)nc(N(C)C(C)c2cccc(Cl)c2)n1. The first-order chi connectivity index (χ1) is 9.51. The lowest BCUT2D eigenvalue weighted by atomic mass is 10.1. The van der Waals surface area contributed by atoms with Gasteiger partial charge in [-0.15, -0.1) is 0 Å². The lowest BCUT2D eigenvalue weighted by molar-refractivity contribution is 0.377. The third kappa shape index (κ3) is 3.29. The van der Waals surface area contributed by atoms with Crippen LogP contribution in [-0.4, -0.2) is 29.1 Å². The maximum absolute atomic E-state index is 6.01. The third-order valence-corrected chi connectivity index (χ3v) is 3.39. The summed E-state index contributed by atoms with van der Waals surface area (Å²) in [4.78, 5) is 14.0. The van der Waals surface area contributed by atoms with Crippen molar-refractivity contribution in [3.8, 4) is 6.01 Å². The first-order valence-electron chi connectivity index (χ1n) is 5.95. The second-order valence-electron chi connectivity index (χ2n) is 4.23. The Morgan fingerprint density at radius 2 is 1.95 bits per heavy atom. The van der Waals surface area contributed by atoms with Crippen molar-refractivity contribution in [1.29, 1.82) is 0 Å². The van der Waals surface area contributed by atoms with Crippen LogP contribution in [0.5, 0.6) is 6.01 Å². The normalized spacial score (nSPS) is 12.1. The van der Waals surface area contributed by atoms with Crippen molar-refractivity contribution >= 4 is 29.2 Å². The summed E-state index contributed by atoms with van der Waals surface area (Å²) >= 11 is 11.9. The van der Waals surface area contributed by atoms with E-state index < -0.39 is 0 Å². The molecule has 20 heavy (non-hydrogen) atoms. The highest BCUT2D eigenvalue weighted by molar-refractivity contribution is 6.30. The topological polar surface area (TPSA) is 51.1 Å². The lowest BCUT2D eigenvalue weighted by Crippen LogP contribution is -2.24. The minimum atomic E-state index is 0.0249. The Morgan fingerprint density at radius 1 is 1.20 bits per heavy atom. The molecule has 0 saturated carbocycles. The zero-order valence-electron chi connectivity index (χ0n) is 11.3. The molecule has 0 aliphatic rings. The zero-order chi connectivity index (χ0) is 14.7. The van der Waals surface area contributed by atoms with Gasteiger partial charge in [0.15, 0.2) is 0 Å². The largest absolute Gasteiger partial charge is 0.467 e. The van der Waals surface area contributed by atoms with Crippen molar-refractivity contribution in [2.45, 2.75) is 13.0 Å². The Labute approximate surface area is 127 Å². The van der Waals surface area contributed by atoms with Crippen molar-refractivity contribution < 1.29 is 4.74 Å². The monoisotopic (exact) mass is 312 g/mol. The van der Waals surface area contributed by atoms with E-state index in [1.165, 1.54) is 7.11 Å². The number of nitrogens with zero attached hydrogens (tertiary/aromatic N) is 4.